The van der Waals surface area contributed by atoms with Crippen LogP contribution in [0.3, 0.4) is 0 Å². The third kappa shape index (κ3) is 5.71. The number of carbonyl (C=O) groups is 1. The Morgan fingerprint density at radius 1 is 1.16 bits per heavy atom. The molecule has 1 N–H and O–H groups in total. The number of rotatable bonds is 5. The molecule has 2 aromatic rings. The average molecular weight is 403 g/mol. The van der Waals surface area contributed by atoms with Crippen LogP contribution < -0.4 is 10.2 Å². The molecule has 0 radical (unpaired) electrons. The van der Waals surface area contributed by atoms with Crippen LogP contribution in [-0.4, -0.2) is 18.2 Å². The van der Waals surface area contributed by atoms with Gasteiger partial charge in [-0.2, -0.15) is 5.10 Å². The molecule has 0 bridgehead atoms. The van der Waals surface area contributed by atoms with Crippen LogP contribution in [0.4, 0.5) is 0 Å². The van der Waals surface area contributed by atoms with Gasteiger partial charge >= 0.3 is 0 Å². The minimum absolute atomic E-state index is 0.0576. The molecule has 2 aromatic carbocycles. The number of halogens is 1. The first kappa shape index (κ1) is 19.2. The average Bonchev–Trinajstić information content (AvgIpc) is 2.58. The van der Waals surface area contributed by atoms with Crippen molar-refractivity contribution in [2.75, 3.05) is 6.61 Å². The number of amides is 1. The third-order valence-corrected chi connectivity index (χ3v) is 4.32. The van der Waals surface area contributed by atoms with Crippen LogP contribution in [0.25, 0.3) is 0 Å². The predicted octanol–water partition coefficient (Wildman–Crippen LogP) is 4.67. The van der Waals surface area contributed by atoms with Gasteiger partial charge in [0.05, 0.1) is 10.2 Å². The largest absolute Gasteiger partial charge is 0.483 e. The zero-order valence-corrected chi connectivity index (χ0v) is 16.6. The summed E-state index contributed by atoms with van der Waals surface area (Å²) < 4.78 is 6.41. The standard InChI is InChI=1S/C20H23BrN2O2/c1-14(15-8-6-5-7-9-15)22-23-19(24)13-25-18-11-10-16(12-17(18)21)20(2,3)4/h5-12H,13H2,1-4H3,(H,23,24). The molecular formula is C20H23BrN2O2. The molecule has 25 heavy (non-hydrogen) atoms. The molecule has 0 aromatic heterocycles. The molecule has 5 heteroatoms. The molecule has 1 amide bonds. The summed E-state index contributed by atoms with van der Waals surface area (Å²) in [5.74, 6) is 0.328. The molecule has 0 saturated heterocycles. The van der Waals surface area contributed by atoms with Gasteiger partial charge in [0.2, 0.25) is 0 Å². The summed E-state index contributed by atoms with van der Waals surface area (Å²) in [5.41, 5.74) is 5.47. The second-order valence-electron chi connectivity index (χ2n) is 6.78. The van der Waals surface area contributed by atoms with Crippen LogP contribution in [0.5, 0.6) is 5.75 Å². The van der Waals surface area contributed by atoms with Crippen molar-refractivity contribution >= 4 is 27.5 Å². The number of hydrogen-bond acceptors (Lipinski definition) is 3. The first-order valence-corrected chi connectivity index (χ1v) is 8.88. The number of carbonyl (C=O) groups excluding carboxylic acids is 1. The predicted molar refractivity (Wildman–Crippen MR) is 105 cm³/mol. The molecule has 0 fully saturated rings. The lowest BCUT2D eigenvalue weighted by Crippen LogP contribution is -2.25. The molecule has 0 heterocycles. The van der Waals surface area contributed by atoms with Crippen LogP contribution in [0.15, 0.2) is 58.1 Å². The molecule has 132 valence electrons. The Labute approximate surface area is 157 Å². The summed E-state index contributed by atoms with van der Waals surface area (Å²) in [7, 11) is 0. The molecule has 0 unspecified atom stereocenters. The van der Waals surface area contributed by atoms with Gasteiger partial charge in [-0.05, 0) is 51.5 Å². The van der Waals surface area contributed by atoms with Crippen LogP contribution >= 0.6 is 15.9 Å². The summed E-state index contributed by atoms with van der Waals surface area (Å²) in [5, 5.41) is 4.10. The van der Waals surface area contributed by atoms with E-state index in [9.17, 15) is 4.79 Å². The monoisotopic (exact) mass is 402 g/mol. The van der Waals surface area contributed by atoms with Gasteiger partial charge in [-0.1, -0.05) is 57.2 Å². The van der Waals surface area contributed by atoms with Crippen LogP contribution in [0.1, 0.15) is 38.8 Å². The number of nitrogens with one attached hydrogen (secondary N) is 1. The van der Waals surface area contributed by atoms with E-state index in [1.807, 2.05) is 55.5 Å². The van der Waals surface area contributed by atoms with Crippen molar-refractivity contribution in [3.8, 4) is 5.75 Å². The van der Waals surface area contributed by atoms with Crippen LogP contribution in [0.2, 0.25) is 0 Å². The zero-order valence-electron chi connectivity index (χ0n) is 15.0. The molecule has 4 nitrogen and oxygen atoms in total. The normalized spacial score (nSPS) is 12.0. The summed E-state index contributed by atoms with van der Waals surface area (Å²) >= 11 is 3.50. The van der Waals surface area contributed by atoms with Crippen molar-refractivity contribution in [1.82, 2.24) is 5.43 Å². The van der Waals surface area contributed by atoms with E-state index in [-0.39, 0.29) is 17.9 Å². The Morgan fingerprint density at radius 3 is 2.44 bits per heavy atom. The van der Waals surface area contributed by atoms with Crippen molar-refractivity contribution in [2.45, 2.75) is 33.1 Å². The second-order valence-corrected chi connectivity index (χ2v) is 7.64. The Bertz CT molecular complexity index is 765. The van der Waals surface area contributed by atoms with E-state index in [0.29, 0.717) is 5.75 Å². The maximum absolute atomic E-state index is 11.9. The SMILES string of the molecule is CC(=NNC(=O)COc1ccc(C(C)(C)C)cc1Br)c1ccccc1. The Morgan fingerprint density at radius 2 is 1.84 bits per heavy atom. The smallest absolute Gasteiger partial charge is 0.277 e. The highest BCUT2D eigenvalue weighted by molar-refractivity contribution is 9.10. The summed E-state index contributed by atoms with van der Waals surface area (Å²) in [6.45, 7) is 8.19. The number of hydrazone groups is 1. The maximum Gasteiger partial charge on any atom is 0.277 e. The van der Waals surface area contributed by atoms with Gasteiger partial charge in [0.25, 0.3) is 5.91 Å². The number of nitrogens with zero attached hydrogens (tertiary/aromatic N) is 1. The van der Waals surface area contributed by atoms with Crippen molar-refractivity contribution < 1.29 is 9.53 Å². The fraction of sp³-hybridized carbons (Fsp3) is 0.300. The topological polar surface area (TPSA) is 50.7 Å². The Hall–Kier alpha value is -2.14. The molecule has 0 aliphatic heterocycles. The first-order chi connectivity index (χ1) is 11.8. The fourth-order valence-corrected chi connectivity index (χ4v) is 2.64. The minimum Gasteiger partial charge on any atom is -0.483 e. The van der Waals surface area contributed by atoms with Crippen molar-refractivity contribution in [2.24, 2.45) is 5.10 Å². The lowest BCUT2D eigenvalue weighted by atomic mass is 9.87. The lowest BCUT2D eigenvalue weighted by Gasteiger charge is -2.20. The highest BCUT2D eigenvalue weighted by Crippen LogP contribution is 2.31. The van der Waals surface area contributed by atoms with Gasteiger partial charge in [0.1, 0.15) is 5.75 Å². The van der Waals surface area contributed by atoms with E-state index >= 15 is 0 Å². The van der Waals surface area contributed by atoms with E-state index < -0.39 is 0 Å². The van der Waals surface area contributed by atoms with Crippen LogP contribution in [0, 0.1) is 0 Å². The van der Waals surface area contributed by atoms with E-state index in [2.05, 4.69) is 47.2 Å². The van der Waals surface area contributed by atoms with E-state index in [4.69, 9.17) is 4.74 Å². The molecule has 0 aliphatic rings. The van der Waals surface area contributed by atoms with Gasteiger partial charge in [-0.3, -0.25) is 4.79 Å². The zero-order chi connectivity index (χ0) is 18.4. The van der Waals surface area contributed by atoms with Gasteiger partial charge in [-0.25, -0.2) is 5.43 Å². The van der Waals surface area contributed by atoms with Gasteiger partial charge in [0.15, 0.2) is 6.61 Å². The van der Waals surface area contributed by atoms with Gasteiger partial charge in [0, 0.05) is 0 Å². The molecule has 2 rings (SSSR count). The maximum atomic E-state index is 11.9. The molecule has 0 spiro atoms. The van der Waals surface area contributed by atoms with Crippen LogP contribution in [-0.2, 0) is 10.2 Å². The van der Waals surface area contributed by atoms with Crippen molar-refractivity contribution in [3.05, 3.63) is 64.1 Å². The Balaban J connectivity index is 1.92. The number of benzene rings is 2. The second kappa shape index (κ2) is 8.30. The number of hydrogen-bond donors (Lipinski definition) is 1. The van der Waals surface area contributed by atoms with Crippen molar-refractivity contribution in [3.63, 3.8) is 0 Å². The highest BCUT2D eigenvalue weighted by Gasteiger charge is 2.15. The molecule has 0 saturated carbocycles. The summed E-state index contributed by atoms with van der Waals surface area (Å²) in [6, 6.07) is 15.6. The van der Waals surface area contributed by atoms with Crippen molar-refractivity contribution in [1.29, 1.82) is 0 Å². The Kier molecular flexibility index (Phi) is 6.37. The fourth-order valence-electron chi connectivity index (χ4n) is 2.15. The van der Waals surface area contributed by atoms with E-state index in [1.165, 1.54) is 5.56 Å². The van der Waals surface area contributed by atoms with Gasteiger partial charge < -0.3 is 4.74 Å². The summed E-state index contributed by atoms with van der Waals surface area (Å²) in [4.78, 5) is 11.9. The highest BCUT2D eigenvalue weighted by atomic mass is 79.9. The lowest BCUT2D eigenvalue weighted by molar-refractivity contribution is -0.123. The summed E-state index contributed by atoms with van der Waals surface area (Å²) in [6.07, 6.45) is 0. The first-order valence-electron chi connectivity index (χ1n) is 8.09. The third-order valence-electron chi connectivity index (χ3n) is 3.70. The van der Waals surface area contributed by atoms with E-state index in [0.717, 1.165) is 15.7 Å². The molecule has 0 atom stereocenters. The molecular weight excluding hydrogens is 380 g/mol. The molecule has 0 aliphatic carbocycles. The quantitative estimate of drug-likeness (QED) is 0.583. The number of ether oxygens (including phenoxy) is 1. The van der Waals surface area contributed by atoms with E-state index in [1.54, 1.807) is 0 Å². The minimum atomic E-state index is -0.304. The van der Waals surface area contributed by atoms with Gasteiger partial charge in [-0.15, -0.1) is 0 Å².